The molecule has 1 saturated heterocycles. The van der Waals surface area contributed by atoms with Crippen molar-refractivity contribution in [2.24, 2.45) is 0 Å². The fourth-order valence-corrected chi connectivity index (χ4v) is 3.25. The van der Waals surface area contributed by atoms with Gasteiger partial charge in [0, 0.05) is 18.9 Å². The molecule has 9 heteroatoms. The van der Waals surface area contributed by atoms with E-state index in [0.717, 1.165) is 0 Å². The summed E-state index contributed by atoms with van der Waals surface area (Å²) >= 11 is 0. The number of aromatic nitrogens is 2. The maximum atomic E-state index is 13.8. The molecule has 29 heavy (non-hydrogen) atoms. The van der Waals surface area contributed by atoms with Crippen molar-refractivity contribution in [3.63, 3.8) is 0 Å². The van der Waals surface area contributed by atoms with Crippen LogP contribution in [0.2, 0.25) is 0 Å². The van der Waals surface area contributed by atoms with Gasteiger partial charge in [-0.3, -0.25) is 14.6 Å². The van der Waals surface area contributed by atoms with Crippen molar-refractivity contribution >= 4 is 11.8 Å². The van der Waals surface area contributed by atoms with Gasteiger partial charge in [-0.2, -0.15) is 0 Å². The second kappa shape index (κ2) is 10.0. The number of halogens is 1. The first-order chi connectivity index (χ1) is 14.1. The zero-order valence-corrected chi connectivity index (χ0v) is 15.8. The Morgan fingerprint density at radius 2 is 2.03 bits per heavy atom. The number of carbonyl (C=O) groups is 2. The zero-order chi connectivity index (χ0) is 20.6. The van der Waals surface area contributed by atoms with Crippen LogP contribution >= 0.6 is 0 Å². The fraction of sp³-hybridized carbons (Fsp3) is 0.400. The van der Waals surface area contributed by atoms with Crippen LogP contribution in [0.5, 0.6) is 0 Å². The normalized spacial score (nSPS) is 21.4. The number of ether oxygens (including phenoxy) is 1. The van der Waals surface area contributed by atoms with Gasteiger partial charge in [0.25, 0.3) is 11.8 Å². The Hall–Kier alpha value is -2.91. The summed E-state index contributed by atoms with van der Waals surface area (Å²) in [6.07, 6.45) is 5.32. The lowest BCUT2D eigenvalue weighted by Crippen LogP contribution is -2.51. The minimum Gasteiger partial charge on any atom is -0.394 e. The zero-order valence-electron chi connectivity index (χ0n) is 15.8. The van der Waals surface area contributed by atoms with Crippen LogP contribution in [0, 0.1) is 5.82 Å². The third kappa shape index (κ3) is 5.55. The van der Waals surface area contributed by atoms with Gasteiger partial charge < -0.3 is 20.5 Å². The van der Waals surface area contributed by atoms with Crippen molar-refractivity contribution < 1.29 is 23.8 Å². The van der Waals surface area contributed by atoms with Gasteiger partial charge in [-0.05, 0) is 31.4 Å². The van der Waals surface area contributed by atoms with E-state index in [4.69, 9.17) is 4.74 Å². The van der Waals surface area contributed by atoms with Crippen LogP contribution in [-0.4, -0.2) is 58.3 Å². The minimum absolute atomic E-state index is 0.0435. The molecule has 2 heterocycles. The molecule has 1 aliphatic heterocycles. The van der Waals surface area contributed by atoms with Gasteiger partial charge in [0.05, 0.1) is 30.5 Å². The van der Waals surface area contributed by atoms with Crippen molar-refractivity contribution in [3.05, 3.63) is 59.9 Å². The number of amides is 2. The van der Waals surface area contributed by atoms with E-state index in [1.807, 2.05) is 0 Å². The Morgan fingerprint density at radius 1 is 1.21 bits per heavy atom. The van der Waals surface area contributed by atoms with Gasteiger partial charge in [-0.25, -0.2) is 9.37 Å². The highest BCUT2D eigenvalue weighted by Gasteiger charge is 2.32. The predicted molar refractivity (Wildman–Crippen MR) is 102 cm³/mol. The number of benzene rings is 1. The van der Waals surface area contributed by atoms with E-state index in [1.54, 1.807) is 6.07 Å². The molecule has 2 aromatic rings. The van der Waals surface area contributed by atoms with Crippen LogP contribution in [0.4, 0.5) is 4.39 Å². The van der Waals surface area contributed by atoms with Crippen LogP contribution in [0.25, 0.3) is 0 Å². The number of nitrogens with zero attached hydrogens (tertiary/aromatic N) is 2. The molecule has 1 fully saturated rings. The molecular formula is C20H23FN4O4. The number of rotatable bonds is 7. The Kier molecular flexibility index (Phi) is 7.20. The number of carbonyl (C=O) groups excluding carboxylic acids is 2. The highest BCUT2D eigenvalue weighted by atomic mass is 19.1. The highest BCUT2D eigenvalue weighted by molar-refractivity contribution is 5.94. The van der Waals surface area contributed by atoms with Crippen LogP contribution in [0.1, 0.15) is 40.1 Å². The van der Waals surface area contributed by atoms with Gasteiger partial charge in [0.1, 0.15) is 17.6 Å². The first-order valence-electron chi connectivity index (χ1n) is 9.44. The molecule has 0 bridgehead atoms. The summed E-state index contributed by atoms with van der Waals surface area (Å²) in [5, 5.41) is 15.1. The predicted octanol–water partition coefficient (Wildman–Crippen LogP) is 1.07. The van der Waals surface area contributed by atoms with Crippen LogP contribution in [-0.2, 0) is 4.74 Å². The molecule has 0 saturated carbocycles. The molecule has 8 nitrogen and oxygen atoms in total. The molecule has 2 amide bonds. The Bertz CT molecular complexity index is 836. The Balaban J connectivity index is 1.47. The third-order valence-electron chi connectivity index (χ3n) is 4.78. The average molecular weight is 402 g/mol. The van der Waals surface area contributed by atoms with E-state index >= 15 is 0 Å². The Labute approximate surface area is 167 Å². The lowest BCUT2D eigenvalue weighted by Gasteiger charge is -2.36. The summed E-state index contributed by atoms with van der Waals surface area (Å²) in [6, 6.07) is 5.31. The molecule has 0 radical (unpaired) electrons. The largest absolute Gasteiger partial charge is 0.394 e. The summed E-state index contributed by atoms with van der Waals surface area (Å²) in [5.41, 5.74) is 0.194. The minimum atomic E-state index is -0.598. The topological polar surface area (TPSA) is 113 Å². The van der Waals surface area contributed by atoms with Crippen molar-refractivity contribution in [2.45, 2.75) is 37.5 Å². The van der Waals surface area contributed by atoms with E-state index in [-0.39, 0.29) is 29.9 Å². The number of nitrogens with one attached hydrogen (secondary N) is 2. The molecule has 3 N–H and O–H groups in total. The van der Waals surface area contributed by atoms with E-state index in [1.165, 1.54) is 36.8 Å². The molecule has 1 aliphatic rings. The maximum Gasteiger partial charge on any atom is 0.271 e. The Morgan fingerprint density at radius 3 is 2.76 bits per heavy atom. The molecule has 0 unspecified atom stereocenters. The summed E-state index contributed by atoms with van der Waals surface area (Å²) in [6.45, 7) is 0.106. The van der Waals surface area contributed by atoms with Gasteiger partial charge in [0.2, 0.25) is 0 Å². The molecule has 3 atom stereocenters. The molecule has 154 valence electrons. The first-order valence-corrected chi connectivity index (χ1v) is 9.44. The molecule has 1 aromatic carbocycles. The quantitative estimate of drug-likeness (QED) is 0.639. The summed E-state index contributed by atoms with van der Waals surface area (Å²) < 4.78 is 19.6. The number of aliphatic hydroxyl groups is 1. The summed E-state index contributed by atoms with van der Waals surface area (Å²) in [4.78, 5) is 32.1. The molecule has 0 aliphatic carbocycles. The molecular weight excluding hydrogens is 379 g/mol. The van der Waals surface area contributed by atoms with Crippen molar-refractivity contribution in [1.29, 1.82) is 0 Å². The molecule has 0 spiro atoms. The summed E-state index contributed by atoms with van der Waals surface area (Å²) in [7, 11) is 0. The second-order valence-electron chi connectivity index (χ2n) is 6.75. The average Bonchev–Trinajstić information content (AvgIpc) is 2.75. The van der Waals surface area contributed by atoms with Gasteiger partial charge in [-0.15, -0.1) is 0 Å². The van der Waals surface area contributed by atoms with E-state index in [0.29, 0.717) is 25.8 Å². The lowest BCUT2D eigenvalue weighted by atomic mass is 9.96. The fourth-order valence-electron chi connectivity index (χ4n) is 3.25. The van der Waals surface area contributed by atoms with Gasteiger partial charge in [0.15, 0.2) is 0 Å². The standard InChI is InChI=1S/C20H23FN4O4/c21-15-4-2-1-3-14(15)19(27)25-16-6-5-13(29-18(16)12-26)7-8-24-20(28)17-11-22-9-10-23-17/h1-4,9-11,13,16,18,26H,5-8,12H2,(H,24,28)(H,25,27)/t13-,16+,18-/m1/s1. The second-order valence-corrected chi connectivity index (χ2v) is 6.75. The van der Waals surface area contributed by atoms with Gasteiger partial charge in [-0.1, -0.05) is 12.1 Å². The molecule has 1 aromatic heterocycles. The van der Waals surface area contributed by atoms with Crippen molar-refractivity contribution in [1.82, 2.24) is 20.6 Å². The van der Waals surface area contributed by atoms with Gasteiger partial charge >= 0.3 is 0 Å². The summed E-state index contributed by atoms with van der Waals surface area (Å²) in [5.74, 6) is -1.45. The highest BCUT2D eigenvalue weighted by Crippen LogP contribution is 2.22. The van der Waals surface area contributed by atoms with Crippen molar-refractivity contribution in [2.75, 3.05) is 13.2 Å². The van der Waals surface area contributed by atoms with E-state index in [2.05, 4.69) is 20.6 Å². The smallest absolute Gasteiger partial charge is 0.271 e. The first kappa shape index (κ1) is 20.8. The number of hydrogen-bond donors (Lipinski definition) is 3. The maximum absolute atomic E-state index is 13.8. The van der Waals surface area contributed by atoms with E-state index < -0.39 is 23.9 Å². The molecule has 3 rings (SSSR count). The number of aliphatic hydroxyl groups excluding tert-OH is 1. The van der Waals surface area contributed by atoms with Crippen LogP contribution < -0.4 is 10.6 Å². The lowest BCUT2D eigenvalue weighted by molar-refractivity contribution is -0.0893. The van der Waals surface area contributed by atoms with Crippen LogP contribution in [0.15, 0.2) is 42.9 Å². The van der Waals surface area contributed by atoms with Crippen molar-refractivity contribution in [3.8, 4) is 0 Å². The SMILES string of the molecule is O=C(NCC[C@H]1CC[C@H](NC(=O)c2ccccc2F)[C@@H](CO)O1)c1cnccn1. The third-order valence-corrected chi connectivity index (χ3v) is 4.78. The van der Waals surface area contributed by atoms with E-state index in [9.17, 15) is 19.1 Å². The number of hydrogen-bond acceptors (Lipinski definition) is 6. The monoisotopic (exact) mass is 402 g/mol. The van der Waals surface area contributed by atoms with Crippen LogP contribution in [0.3, 0.4) is 0 Å².